The van der Waals surface area contributed by atoms with Crippen LogP contribution < -0.4 is 16.3 Å². The van der Waals surface area contributed by atoms with Gasteiger partial charge in [0.2, 0.25) is 5.88 Å². The molecule has 1 aliphatic heterocycles. The van der Waals surface area contributed by atoms with Crippen LogP contribution in [0.2, 0.25) is 5.02 Å². The number of halogens is 1. The van der Waals surface area contributed by atoms with E-state index in [1.165, 1.54) is 11.1 Å². The smallest absolute Gasteiger partial charge is 0.335 e. The fourth-order valence-electron chi connectivity index (χ4n) is 3.36. The zero-order valence-corrected chi connectivity index (χ0v) is 18.3. The average molecular weight is 451 g/mol. The van der Waals surface area contributed by atoms with Crippen LogP contribution in [0.25, 0.3) is 11.8 Å². The predicted octanol–water partition coefficient (Wildman–Crippen LogP) is 3.31. The van der Waals surface area contributed by atoms with Crippen molar-refractivity contribution in [2.45, 2.75) is 20.8 Å². The highest BCUT2D eigenvalue weighted by atomic mass is 35.5. The normalized spacial score (nSPS) is 14.9. The Hall–Kier alpha value is -3.91. The van der Waals surface area contributed by atoms with E-state index in [4.69, 9.17) is 11.6 Å². The minimum absolute atomic E-state index is 0.117. The molecule has 2 N–H and O–H groups in total. The molecule has 0 radical (unpaired) electrons. The van der Waals surface area contributed by atoms with Gasteiger partial charge in [0.25, 0.3) is 11.5 Å². The Morgan fingerprint density at radius 1 is 0.969 bits per heavy atom. The van der Waals surface area contributed by atoms with Crippen LogP contribution in [-0.2, 0) is 4.79 Å². The number of hydrogen-bond acceptors (Lipinski definition) is 5. The largest absolute Gasteiger partial charge is 0.494 e. The number of benzene rings is 2. The van der Waals surface area contributed by atoms with Crippen molar-refractivity contribution < 1.29 is 9.90 Å². The number of anilines is 1. The molecule has 162 valence electrons. The van der Waals surface area contributed by atoms with E-state index < -0.39 is 23.0 Å². The maximum atomic E-state index is 13.0. The lowest BCUT2D eigenvalue weighted by Gasteiger charge is -2.12. The highest BCUT2D eigenvalue weighted by molar-refractivity contribution is 6.32. The van der Waals surface area contributed by atoms with E-state index in [-0.39, 0.29) is 11.1 Å². The van der Waals surface area contributed by atoms with Gasteiger partial charge in [0.1, 0.15) is 5.56 Å². The van der Waals surface area contributed by atoms with Crippen LogP contribution in [0.5, 0.6) is 5.88 Å². The third-order valence-electron chi connectivity index (χ3n) is 5.29. The highest BCUT2D eigenvalue weighted by Crippen LogP contribution is 2.27. The number of carbonyl (C=O) groups is 1. The molecule has 32 heavy (non-hydrogen) atoms. The molecule has 0 aliphatic carbocycles. The van der Waals surface area contributed by atoms with Gasteiger partial charge >= 0.3 is 5.69 Å². The van der Waals surface area contributed by atoms with Crippen LogP contribution in [0, 0.1) is 13.8 Å². The fraction of sp³-hybridized carbons (Fsp3) is 0.130. The van der Waals surface area contributed by atoms with Crippen LogP contribution in [0.1, 0.15) is 23.6 Å². The summed E-state index contributed by atoms with van der Waals surface area (Å²) in [5.41, 5.74) is 1.45. The maximum absolute atomic E-state index is 13.0. The number of aromatic hydroxyl groups is 1. The van der Waals surface area contributed by atoms with Crippen LogP contribution >= 0.6 is 11.6 Å². The summed E-state index contributed by atoms with van der Waals surface area (Å²) in [6.07, 6.45) is 1.24. The molecule has 1 aliphatic rings. The summed E-state index contributed by atoms with van der Waals surface area (Å²) >= 11 is 5.91. The van der Waals surface area contributed by atoms with Crippen molar-refractivity contribution in [1.82, 2.24) is 9.55 Å². The van der Waals surface area contributed by atoms with Gasteiger partial charge in [0.15, 0.2) is 0 Å². The maximum Gasteiger partial charge on any atom is 0.335 e. The Morgan fingerprint density at radius 2 is 1.62 bits per heavy atom. The number of aryl methyl sites for hydroxylation is 2. The molecule has 0 unspecified atom stereocenters. The van der Waals surface area contributed by atoms with Crippen LogP contribution in [0.3, 0.4) is 0 Å². The molecule has 2 aromatic carbocycles. The predicted molar refractivity (Wildman–Crippen MR) is 124 cm³/mol. The molecule has 0 bridgehead atoms. The van der Waals surface area contributed by atoms with Gasteiger partial charge in [-0.05, 0) is 74.4 Å². The number of rotatable bonds is 3. The van der Waals surface area contributed by atoms with Gasteiger partial charge in [0, 0.05) is 5.02 Å². The van der Waals surface area contributed by atoms with Gasteiger partial charge in [-0.1, -0.05) is 17.7 Å². The van der Waals surface area contributed by atoms with Gasteiger partial charge in [-0.2, -0.15) is 10.1 Å². The Kier molecular flexibility index (Phi) is 5.31. The summed E-state index contributed by atoms with van der Waals surface area (Å²) in [5, 5.41) is 16.8. The summed E-state index contributed by atoms with van der Waals surface area (Å²) in [7, 11) is 0. The summed E-state index contributed by atoms with van der Waals surface area (Å²) in [6, 6.07) is 11.7. The minimum atomic E-state index is -0.814. The number of nitrogens with one attached hydrogen (secondary N) is 1. The molecule has 1 amide bonds. The number of aromatic amines is 1. The second kappa shape index (κ2) is 7.97. The number of hydrogen-bond donors (Lipinski definition) is 2. The van der Waals surface area contributed by atoms with Gasteiger partial charge in [-0.25, -0.2) is 9.36 Å². The number of amides is 1. The lowest BCUT2D eigenvalue weighted by Crippen LogP contribution is -2.30. The lowest BCUT2D eigenvalue weighted by molar-refractivity contribution is -0.114. The molecule has 1 aromatic heterocycles. The Bertz CT molecular complexity index is 1430. The van der Waals surface area contributed by atoms with Crippen molar-refractivity contribution in [3.8, 4) is 11.6 Å². The van der Waals surface area contributed by atoms with Gasteiger partial charge in [-0.3, -0.25) is 14.6 Å². The van der Waals surface area contributed by atoms with Crippen molar-refractivity contribution in [3.05, 3.63) is 90.6 Å². The molecule has 3 aromatic rings. The second-order valence-electron chi connectivity index (χ2n) is 7.44. The summed E-state index contributed by atoms with van der Waals surface area (Å²) in [5.74, 6) is -1.05. The highest BCUT2D eigenvalue weighted by Gasteiger charge is 2.30. The summed E-state index contributed by atoms with van der Waals surface area (Å²) < 4.78 is 0.989. The third kappa shape index (κ3) is 3.65. The zero-order valence-electron chi connectivity index (χ0n) is 17.5. The molecule has 0 atom stereocenters. The second-order valence-corrected chi connectivity index (χ2v) is 7.87. The molecule has 2 heterocycles. The van der Waals surface area contributed by atoms with Crippen molar-refractivity contribution in [2.24, 2.45) is 5.10 Å². The van der Waals surface area contributed by atoms with Crippen molar-refractivity contribution in [1.29, 1.82) is 0 Å². The summed E-state index contributed by atoms with van der Waals surface area (Å²) in [6.45, 7) is 5.41. The van der Waals surface area contributed by atoms with Gasteiger partial charge < -0.3 is 5.11 Å². The summed E-state index contributed by atoms with van der Waals surface area (Å²) in [4.78, 5) is 40.1. The topological polar surface area (TPSA) is 108 Å². The van der Waals surface area contributed by atoms with Gasteiger partial charge in [-0.15, -0.1) is 0 Å². The minimum Gasteiger partial charge on any atom is -0.494 e. The van der Waals surface area contributed by atoms with E-state index in [1.807, 2.05) is 13.8 Å². The van der Waals surface area contributed by atoms with Crippen molar-refractivity contribution in [2.75, 3.05) is 5.01 Å². The average Bonchev–Trinajstić information content (AvgIpc) is 3.02. The molecular weight excluding hydrogens is 432 g/mol. The lowest BCUT2D eigenvalue weighted by atomic mass is 10.1. The molecule has 0 fully saturated rings. The molecule has 8 nitrogen and oxygen atoms in total. The monoisotopic (exact) mass is 450 g/mol. The molecule has 4 rings (SSSR count). The first kappa shape index (κ1) is 21.3. The molecular formula is C23H19ClN4O4. The standard InChI is InChI=1S/C23H19ClN4O4/c1-12-4-7-17(10-13(12)2)27-21(30)19(20(29)25-23(27)32)11-18-14(3)26-28(22(18)31)16-8-5-15(24)6-9-16/h4-11,30H,1-3H3,(H,25,29,32)/b18-11-. The number of carbonyl (C=O) groups excluding carboxylic acids is 1. The van der Waals surface area contributed by atoms with Gasteiger partial charge in [0.05, 0.1) is 22.7 Å². The molecule has 9 heteroatoms. The van der Waals surface area contributed by atoms with Crippen molar-refractivity contribution in [3.63, 3.8) is 0 Å². The fourth-order valence-corrected chi connectivity index (χ4v) is 3.48. The van der Waals surface area contributed by atoms with Crippen molar-refractivity contribution >= 4 is 35.0 Å². The molecule has 0 saturated heterocycles. The third-order valence-corrected chi connectivity index (χ3v) is 5.54. The van der Waals surface area contributed by atoms with E-state index in [1.54, 1.807) is 49.4 Å². The number of H-pyrrole nitrogens is 1. The molecule has 0 saturated carbocycles. The van der Waals surface area contributed by atoms with E-state index in [2.05, 4.69) is 10.1 Å². The van der Waals surface area contributed by atoms with E-state index >= 15 is 0 Å². The van der Waals surface area contributed by atoms with E-state index in [9.17, 15) is 19.5 Å². The Labute approximate surface area is 187 Å². The van der Waals surface area contributed by atoms with Crippen LogP contribution in [-0.4, -0.2) is 26.3 Å². The van der Waals surface area contributed by atoms with Crippen LogP contribution in [0.4, 0.5) is 5.69 Å². The number of hydrazone groups is 1. The number of nitrogens with zero attached hydrogens (tertiary/aromatic N) is 3. The first-order valence-corrected chi connectivity index (χ1v) is 10.1. The first-order chi connectivity index (χ1) is 15.2. The molecule has 0 spiro atoms. The van der Waals surface area contributed by atoms with E-state index in [0.717, 1.165) is 15.7 Å². The SMILES string of the molecule is CC1=NN(c2ccc(Cl)cc2)C(=O)/C1=C\c1c(O)n(-c2ccc(C)c(C)c2)c(=O)[nH]c1=O. The van der Waals surface area contributed by atoms with E-state index in [0.29, 0.717) is 22.1 Å². The van der Waals surface area contributed by atoms with Crippen LogP contribution in [0.15, 0.2) is 62.7 Å². The quantitative estimate of drug-likeness (QED) is 0.597. The number of aromatic nitrogens is 2. The first-order valence-electron chi connectivity index (χ1n) is 9.70. The Balaban J connectivity index is 1.82. The Morgan fingerprint density at radius 3 is 2.28 bits per heavy atom. The zero-order chi connectivity index (χ0) is 23.2.